The van der Waals surface area contributed by atoms with E-state index in [9.17, 15) is 9.00 Å². The second-order valence-corrected chi connectivity index (χ2v) is 10.7. The zero-order chi connectivity index (χ0) is 27.2. The molecule has 5 N–H and O–H groups in total. The molecule has 9 nitrogen and oxygen atoms in total. The number of hydrogen-bond donors (Lipinski definition) is 5. The Morgan fingerprint density at radius 2 is 1.85 bits per heavy atom. The second-order valence-electron chi connectivity index (χ2n) is 8.66. The number of carbonyl (C=O) groups excluding carboxylic acids is 1. The third-order valence-electron chi connectivity index (χ3n) is 5.89. The molecule has 1 unspecified atom stereocenters. The molecular weight excluding hydrogens is 557 g/mol. The van der Waals surface area contributed by atoms with E-state index in [2.05, 4.69) is 31.0 Å². The predicted molar refractivity (Wildman–Crippen MR) is 157 cm³/mol. The summed E-state index contributed by atoms with van der Waals surface area (Å²) >= 11 is 12.1. The van der Waals surface area contributed by atoms with Crippen LogP contribution in [0.2, 0.25) is 10.0 Å². The number of nitrogens with zero attached hydrogens (tertiary/aromatic N) is 2. The largest absolute Gasteiger partial charge is 0.369 e. The van der Waals surface area contributed by atoms with E-state index in [0.717, 1.165) is 28.8 Å². The van der Waals surface area contributed by atoms with Crippen LogP contribution in [0.1, 0.15) is 12.0 Å². The van der Waals surface area contributed by atoms with Gasteiger partial charge < -0.3 is 21.3 Å². The number of aromatic nitrogens is 2. The van der Waals surface area contributed by atoms with Crippen LogP contribution in [-0.2, 0) is 17.5 Å². The highest BCUT2D eigenvalue weighted by Gasteiger charge is 2.13. The van der Waals surface area contributed by atoms with E-state index in [0.29, 0.717) is 52.0 Å². The van der Waals surface area contributed by atoms with Gasteiger partial charge in [-0.3, -0.25) is 0 Å². The standard InChI is InChI=1S/C27H25Cl2N7O2S/c28-22-6-2-7-23(24(22)29)35-27(37)32-15-17-8-10-18(11-9-17)21-16-31-26-34-19-4-1-5-20(14-19)39(38)33-13-3-12-30-25(21)36-26/h1-2,4-11,14,16,33H,3,12-13,15H2,(H2,32,35,37)(H2,30,31,34,36). The first kappa shape index (κ1) is 26.9. The van der Waals surface area contributed by atoms with Gasteiger partial charge in [-0.1, -0.05) is 59.6 Å². The third kappa shape index (κ3) is 6.85. The molecule has 4 bridgehead atoms. The van der Waals surface area contributed by atoms with E-state index in [1.807, 2.05) is 48.5 Å². The molecule has 1 aliphatic heterocycles. The Labute approximate surface area is 238 Å². The van der Waals surface area contributed by atoms with Gasteiger partial charge in [0.2, 0.25) is 5.95 Å². The summed E-state index contributed by atoms with van der Waals surface area (Å²) in [7, 11) is -1.29. The van der Waals surface area contributed by atoms with E-state index >= 15 is 0 Å². The molecule has 0 saturated heterocycles. The van der Waals surface area contributed by atoms with Crippen LogP contribution in [0.25, 0.3) is 11.1 Å². The summed E-state index contributed by atoms with van der Waals surface area (Å²) in [5.41, 5.74) is 3.87. The van der Waals surface area contributed by atoms with Crippen LogP contribution in [-0.4, -0.2) is 33.3 Å². The van der Waals surface area contributed by atoms with Crippen molar-refractivity contribution in [2.45, 2.75) is 17.9 Å². The predicted octanol–water partition coefficient (Wildman–Crippen LogP) is 5.94. The lowest BCUT2D eigenvalue weighted by atomic mass is 10.1. The molecule has 0 spiro atoms. The van der Waals surface area contributed by atoms with Crippen molar-refractivity contribution in [3.8, 4) is 11.1 Å². The minimum atomic E-state index is -1.29. The maximum atomic E-state index is 12.5. The molecule has 0 saturated carbocycles. The number of halogens is 2. The first-order valence-electron chi connectivity index (χ1n) is 12.2. The molecule has 1 aromatic heterocycles. The Hall–Kier alpha value is -3.70. The van der Waals surface area contributed by atoms with Crippen molar-refractivity contribution in [2.24, 2.45) is 0 Å². The second kappa shape index (κ2) is 12.4. The average molecular weight is 583 g/mol. The summed E-state index contributed by atoms with van der Waals surface area (Å²) in [5.74, 6) is 1.12. The van der Waals surface area contributed by atoms with Crippen LogP contribution in [0.15, 0.2) is 77.8 Å². The summed E-state index contributed by atoms with van der Waals surface area (Å²) in [6.07, 6.45) is 2.53. The zero-order valence-corrected chi connectivity index (χ0v) is 23.0. The number of carbonyl (C=O) groups is 1. The van der Waals surface area contributed by atoms with E-state index in [-0.39, 0.29) is 6.03 Å². The van der Waals surface area contributed by atoms with Crippen molar-refractivity contribution in [3.05, 3.63) is 88.5 Å². The number of amides is 2. The fraction of sp³-hybridized carbons (Fsp3) is 0.148. The lowest BCUT2D eigenvalue weighted by Gasteiger charge is -2.14. The van der Waals surface area contributed by atoms with Gasteiger partial charge in [0.15, 0.2) is 0 Å². The van der Waals surface area contributed by atoms with Crippen molar-refractivity contribution >= 4 is 63.4 Å². The molecule has 1 atom stereocenters. The lowest BCUT2D eigenvalue weighted by Crippen LogP contribution is -2.28. The number of nitrogens with one attached hydrogen (secondary N) is 5. The van der Waals surface area contributed by atoms with Crippen LogP contribution in [0.4, 0.5) is 27.9 Å². The molecule has 2 heterocycles. The lowest BCUT2D eigenvalue weighted by molar-refractivity contribution is 0.251. The van der Waals surface area contributed by atoms with Gasteiger partial charge in [-0.25, -0.2) is 18.7 Å². The summed E-state index contributed by atoms with van der Waals surface area (Å²) in [4.78, 5) is 22.2. The molecule has 4 aromatic rings. The van der Waals surface area contributed by atoms with Crippen LogP contribution in [0.3, 0.4) is 0 Å². The molecule has 200 valence electrons. The number of hydrogen-bond acceptors (Lipinski definition) is 6. The first-order valence-corrected chi connectivity index (χ1v) is 14.1. The molecular formula is C27H25Cl2N7O2S. The smallest absolute Gasteiger partial charge is 0.319 e. The molecule has 1 aliphatic rings. The Morgan fingerprint density at radius 3 is 2.69 bits per heavy atom. The van der Waals surface area contributed by atoms with Gasteiger partial charge in [-0.2, -0.15) is 4.98 Å². The topological polar surface area (TPSA) is 120 Å². The minimum absolute atomic E-state index is 0.291. The molecule has 3 aromatic carbocycles. The Bertz CT molecular complexity index is 1520. The minimum Gasteiger partial charge on any atom is -0.369 e. The molecule has 12 heteroatoms. The number of rotatable bonds is 4. The van der Waals surface area contributed by atoms with Gasteiger partial charge in [0.05, 0.1) is 20.6 Å². The van der Waals surface area contributed by atoms with Gasteiger partial charge in [-0.05, 0) is 47.9 Å². The number of benzene rings is 3. The normalized spacial score (nSPS) is 15.0. The van der Waals surface area contributed by atoms with Gasteiger partial charge >= 0.3 is 6.03 Å². The fourth-order valence-corrected chi connectivity index (χ4v) is 5.18. The van der Waals surface area contributed by atoms with Gasteiger partial charge in [0.25, 0.3) is 0 Å². The van der Waals surface area contributed by atoms with Crippen LogP contribution >= 0.6 is 23.2 Å². The Kier molecular flexibility index (Phi) is 8.58. The van der Waals surface area contributed by atoms with Crippen molar-refractivity contribution < 1.29 is 9.00 Å². The van der Waals surface area contributed by atoms with Gasteiger partial charge in [-0.15, -0.1) is 0 Å². The average Bonchev–Trinajstić information content (AvgIpc) is 2.95. The summed E-state index contributed by atoms with van der Waals surface area (Å²) in [6.45, 7) is 1.55. The quantitative estimate of drug-likeness (QED) is 0.203. The van der Waals surface area contributed by atoms with E-state index < -0.39 is 11.0 Å². The highest BCUT2D eigenvalue weighted by Crippen LogP contribution is 2.30. The van der Waals surface area contributed by atoms with E-state index in [1.54, 1.807) is 24.4 Å². The summed E-state index contributed by atoms with van der Waals surface area (Å²) in [5, 5.41) is 12.8. The number of urea groups is 1. The Balaban J connectivity index is 1.28. The monoisotopic (exact) mass is 581 g/mol. The molecule has 5 rings (SSSR count). The zero-order valence-electron chi connectivity index (χ0n) is 20.6. The van der Waals surface area contributed by atoms with Gasteiger partial charge in [0, 0.05) is 37.1 Å². The molecule has 0 fully saturated rings. The highest BCUT2D eigenvalue weighted by atomic mass is 35.5. The molecule has 0 aliphatic carbocycles. The van der Waals surface area contributed by atoms with Crippen LogP contribution in [0, 0.1) is 0 Å². The van der Waals surface area contributed by atoms with Crippen molar-refractivity contribution in [3.63, 3.8) is 0 Å². The number of fused-ring (bicyclic) bond motifs is 4. The summed E-state index contributed by atoms with van der Waals surface area (Å²) < 4.78 is 15.6. The SMILES string of the molecule is O=C(NCc1ccc(-c2cnc3nc2NCCCNS(=O)c2cccc(c2)N3)cc1)Nc1cccc(Cl)c1Cl. The van der Waals surface area contributed by atoms with E-state index in [4.69, 9.17) is 28.2 Å². The van der Waals surface area contributed by atoms with Crippen molar-refractivity contribution in [1.29, 1.82) is 0 Å². The maximum Gasteiger partial charge on any atom is 0.319 e. The third-order valence-corrected chi connectivity index (χ3v) is 7.86. The molecule has 2 amide bonds. The summed E-state index contributed by atoms with van der Waals surface area (Å²) in [6, 6.07) is 19.8. The Morgan fingerprint density at radius 1 is 1.03 bits per heavy atom. The van der Waals surface area contributed by atoms with Crippen molar-refractivity contribution in [1.82, 2.24) is 20.0 Å². The van der Waals surface area contributed by atoms with Gasteiger partial charge in [0.1, 0.15) is 16.8 Å². The van der Waals surface area contributed by atoms with Crippen LogP contribution in [0.5, 0.6) is 0 Å². The highest BCUT2D eigenvalue weighted by molar-refractivity contribution is 7.83. The molecule has 39 heavy (non-hydrogen) atoms. The molecule has 0 radical (unpaired) electrons. The number of anilines is 4. The van der Waals surface area contributed by atoms with Crippen molar-refractivity contribution in [2.75, 3.05) is 29.0 Å². The first-order chi connectivity index (χ1) is 19.0. The fourth-order valence-electron chi connectivity index (χ4n) is 3.90. The van der Waals surface area contributed by atoms with Crippen LogP contribution < -0.4 is 26.0 Å². The maximum absolute atomic E-state index is 12.5. The van der Waals surface area contributed by atoms with E-state index in [1.165, 1.54) is 0 Å².